The van der Waals surface area contributed by atoms with Gasteiger partial charge in [-0.05, 0) is 6.42 Å². The van der Waals surface area contributed by atoms with Gasteiger partial charge in [0.1, 0.15) is 18.2 Å². The van der Waals surface area contributed by atoms with Gasteiger partial charge in [0, 0.05) is 6.92 Å². The summed E-state index contributed by atoms with van der Waals surface area (Å²) in [6.45, 7) is 1.15. The second kappa shape index (κ2) is 4.51. The molecule has 2 rings (SSSR count). The molecular formula is C10H17NO6. The van der Waals surface area contributed by atoms with Crippen molar-refractivity contribution in [3.05, 3.63) is 0 Å². The first-order valence-corrected chi connectivity index (χ1v) is 5.57. The van der Waals surface area contributed by atoms with Gasteiger partial charge in [0.05, 0.1) is 19.3 Å². The van der Waals surface area contributed by atoms with Crippen LogP contribution in [-0.2, 0) is 14.3 Å². The molecule has 7 nitrogen and oxygen atoms in total. The highest BCUT2D eigenvalue weighted by atomic mass is 16.8. The third kappa shape index (κ3) is 2.16. The molecule has 0 aliphatic carbocycles. The van der Waals surface area contributed by atoms with E-state index in [9.17, 15) is 15.0 Å². The Morgan fingerprint density at radius 2 is 2.35 bits per heavy atom. The zero-order valence-electron chi connectivity index (χ0n) is 9.50. The molecule has 2 aliphatic rings. The summed E-state index contributed by atoms with van der Waals surface area (Å²) in [5.41, 5.74) is 0. The molecule has 7 heteroatoms. The molecule has 1 amide bonds. The monoisotopic (exact) mass is 247 g/mol. The van der Waals surface area contributed by atoms with E-state index in [1.54, 1.807) is 0 Å². The van der Waals surface area contributed by atoms with E-state index >= 15 is 0 Å². The second-order valence-corrected chi connectivity index (χ2v) is 4.39. The summed E-state index contributed by atoms with van der Waals surface area (Å²) in [6.07, 6.45) is -2.21. The Morgan fingerprint density at radius 3 is 2.94 bits per heavy atom. The molecule has 2 heterocycles. The van der Waals surface area contributed by atoms with Crippen LogP contribution in [0.25, 0.3) is 0 Å². The van der Waals surface area contributed by atoms with Gasteiger partial charge < -0.3 is 30.1 Å². The third-order valence-corrected chi connectivity index (χ3v) is 3.11. The van der Waals surface area contributed by atoms with E-state index in [2.05, 4.69) is 5.32 Å². The molecular weight excluding hydrogens is 230 g/mol. The smallest absolute Gasteiger partial charge is 0.221 e. The summed E-state index contributed by atoms with van der Waals surface area (Å²) in [5, 5.41) is 30.8. The minimum absolute atomic E-state index is 0.284. The van der Waals surface area contributed by atoms with Gasteiger partial charge in [-0.25, -0.2) is 0 Å². The number of hydrogen-bond acceptors (Lipinski definition) is 6. The summed E-state index contributed by atoms with van der Waals surface area (Å²) in [7, 11) is 0. The zero-order valence-corrected chi connectivity index (χ0v) is 9.50. The van der Waals surface area contributed by atoms with E-state index in [1.165, 1.54) is 6.92 Å². The van der Waals surface area contributed by atoms with Crippen molar-refractivity contribution in [1.29, 1.82) is 0 Å². The maximum atomic E-state index is 11.1. The first-order valence-electron chi connectivity index (χ1n) is 5.57. The second-order valence-electron chi connectivity index (χ2n) is 4.39. The SMILES string of the molecule is CC(=O)N[C@@H]1C(O)CCOC12O[C@@H]2[C@H](O)CO. The van der Waals surface area contributed by atoms with Crippen LogP contribution in [0.3, 0.4) is 0 Å². The number of carbonyl (C=O) groups is 1. The molecule has 4 N–H and O–H groups in total. The normalized spacial score (nSPS) is 42.2. The Balaban J connectivity index is 2.11. The van der Waals surface area contributed by atoms with Crippen LogP contribution in [0, 0.1) is 0 Å². The summed E-state index contributed by atoms with van der Waals surface area (Å²) in [5.74, 6) is -1.52. The third-order valence-electron chi connectivity index (χ3n) is 3.11. The average molecular weight is 247 g/mol. The summed E-state index contributed by atoms with van der Waals surface area (Å²) >= 11 is 0. The van der Waals surface area contributed by atoms with Crippen LogP contribution < -0.4 is 5.32 Å². The van der Waals surface area contributed by atoms with Gasteiger partial charge in [-0.2, -0.15) is 0 Å². The highest BCUT2D eigenvalue weighted by molar-refractivity contribution is 5.73. The van der Waals surface area contributed by atoms with Crippen LogP contribution in [0.2, 0.25) is 0 Å². The van der Waals surface area contributed by atoms with Crippen LogP contribution >= 0.6 is 0 Å². The number of rotatable bonds is 3. The van der Waals surface area contributed by atoms with Crippen molar-refractivity contribution in [3.63, 3.8) is 0 Å². The number of nitrogens with one attached hydrogen (secondary N) is 1. The van der Waals surface area contributed by atoms with Gasteiger partial charge in [-0.3, -0.25) is 4.79 Å². The van der Waals surface area contributed by atoms with Crippen LogP contribution in [0.15, 0.2) is 0 Å². The van der Waals surface area contributed by atoms with E-state index in [0.717, 1.165) is 0 Å². The van der Waals surface area contributed by atoms with Crippen LogP contribution in [-0.4, -0.2) is 64.6 Å². The molecule has 98 valence electrons. The van der Waals surface area contributed by atoms with Gasteiger partial charge in [0.25, 0.3) is 0 Å². The van der Waals surface area contributed by atoms with Crippen LogP contribution in [0.4, 0.5) is 0 Å². The van der Waals surface area contributed by atoms with E-state index in [0.29, 0.717) is 6.42 Å². The van der Waals surface area contributed by atoms with Crippen molar-refractivity contribution >= 4 is 5.91 Å². The first-order chi connectivity index (χ1) is 8.01. The van der Waals surface area contributed by atoms with Crippen molar-refractivity contribution in [2.75, 3.05) is 13.2 Å². The highest BCUT2D eigenvalue weighted by Crippen LogP contribution is 2.46. The minimum Gasteiger partial charge on any atom is -0.394 e. The highest BCUT2D eigenvalue weighted by Gasteiger charge is 2.69. The van der Waals surface area contributed by atoms with Gasteiger partial charge in [0.2, 0.25) is 11.7 Å². The molecule has 2 saturated heterocycles. The van der Waals surface area contributed by atoms with E-state index < -0.39 is 36.7 Å². The summed E-state index contributed by atoms with van der Waals surface area (Å²) < 4.78 is 10.7. The van der Waals surface area contributed by atoms with Crippen molar-refractivity contribution in [2.45, 2.75) is 43.5 Å². The lowest BCUT2D eigenvalue weighted by Crippen LogP contribution is -2.58. The lowest BCUT2D eigenvalue weighted by molar-refractivity contribution is -0.148. The predicted octanol–water partition coefficient (Wildman–Crippen LogP) is -2.28. The van der Waals surface area contributed by atoms with Crippen molar-refractivity contribution < 1.29 is 29.6 Å². The number of aliphatic hydroxyl groups is 3. The average Bonchev–Trinajstić information content (AvgIpc) is 2.98. The Morgan fingerprint density at radius 1 is 1.65 bits per heavy atom. The van der Waals surface area contributed by atoms with Crippen LogP contribution in [0.1, 0.15) is 13.3 Å². The molecule has 0 aromatic carbocycles. The topological polar surface area (TPSA) is 112 Å². The fraction of sp³-hybridized carbons (Fsp3) is 0.900. The first kappa shape index (κ1) is 12.7. The van der Waals surface area contributed by atoms with Crippen LogP contribution in [0.5, 0.6) is 0 Å². The van der Waals surface area contributed by atoms with Gasteiger partial charge in [-0.15, -0.1) is 0 Å². The zero-order chi connectivity index (χ0) is 12.6. The van der Waals surface area contributed by atoms with Gasteiger partial charge >= 0.3 is 0 Å². The summed E-state index contributed by atoms with van der Waals surface area (Å²) in [6, 6.07) is -0.722. The Bertz CT molecular complexity index is 311. The molecule has 17 heavy (non-hydrogen) atoms. The fourth-order valence-electron chi connectivity index (χ4n) is 2.25. The van der Waals surface area contributed by atoms with E-state index in [1.807, 2.05) is 0 Å². The Kier molecular flexibility index (Phi) is 3.37. The van der Waals surface area contributed by atoms with E-state index in [-0.39, 0.29) is 12.5 Å². The number of aliphatic hydroxyl groups excluding tert-OH is 3. The number of epoxide rings is 1. The Hall–Kier alpha value is -0.730. The predicted molar refractivity (Wildman–Crippen MR) is 54.9 cm³/mol. The number of hydrogen-bond donors (Lipinski definition) is 4. The molecule has 2 unspecified atom stereocenters. The molecule has 1 spiro atoms. The number of amides is 1. The minimum atomic E-state index is -1.20. The maximum absolute atomic E-state index is 11.1. The quantitative estimate of drug-likeness (QED) is 0.418. The molecule has 2 fully saturated rings. The number of ether oxygens (including phenoxy) is 2. The molecule has 0 radical (unpaired) electrons. The summed E-state index contributed by atoms with van der Waals surface area (Å²) in [4.78, 5) is 11.1. The molecule has 0 bridgehead atoms. The van der Waals surface area contributed by atoms with E-state index in [4.69, 9.17) is 14.6 Å². The van der Waals surface area contributed by atoms with Gasteiger partial charge in [0.15, 0.2) is 0 Å². The number of carbonyl (C=O) groups excluding carboxylic acids is 1. The maximum Gasteiger partial charge on any atom is 0.221 e. The molecule has 0 aromatic rings. The fourth-order valence-corrected chi connectivity index (χ4v) is 2.25. The Labute approximate surface area is 98.3 Å². The molecule has 0 saturated carbocycles. The standard InChI is InChI=1S/C10H17NO6/c1-5(13)11-8-6(14)2-3-16-10(8)9(17-10)7(15)4-12/h6-9,12,14-15H,2-4H2,1H3,(H,11,13)/t6?,7-,8-,9-,10?/m1/s1. The largest absolute Gasteiger partial charge is 0.394 e. The van der Waals surface area contributed by atoms with Crippen molar-refractivity contribution in [2.24, 2.45) is 0 Å². The lowest BCUT2D eigenvalue weighted by atomic mass is 9.95. The lowest BCUT2D eigenvalue weighted by Gasteiger charge is -2.34. The van der Waals surface area contributed by atoms with Crippen molar-refractivity contribution in [3.8, 4) is 0 Å². The molecule has 5 atom stereocenters. The molecule has 0 aromatic heterocycles. The molecule has 2 aliphatic heterocycles. The van der Waals surface area contributed by atoms with Crippen molar-refractivity contribution in [1.82, 2.24) is 5.32 Å². The van der Waals surface area contributed by atoms with Gasteiger partial charge in [-0.1, -0.05) is 0 Å².